The average molecular weight is 302 g/mol. The molecule has 0 amide bonds. The number of hydrogen-bond acceptors (Lipinski definition) is 2. The molecule has 6 heteroatoms. The van der Waals surface area contributed by atoms with Gasteiger partial charge in [0.2, 0.25) is 0 Å². The van der Waals surface area contributed by atoms with Crippen LogP contribution in [0.5, 0.6) is 0 Å². The lowest BCUT2D eigenvalue weighted by molar-refractivity contribution is 0.436. The summed E-state index contributed by atoms with van der Waals surface area (Å²) < 4.78 is 16.5. The first-order valence-electron chi connectivity index (χ1n) is 6.43. The van der Waals surface area contributed by atoms with Crippen LogP contribution in [0.25, 0.3) is 11.0 Å². The van der Waals surface area contributed by atoms with Gasteiger partial charge in [-0.1, -0.05) is 0 Å². The van der Waals surface area contributed by atoms with Crippen LogP contribution < -0.4 is 11.4 Å². The van der Waals surface area contributed by atoms with Gasteiger partial charge in [0.05, 0.1) is 11.0 Å². The van der Waals surface area contributed by atoms with E-state index in [1.54, 1.807) is 22.2 Å². The molecule has 0 bridgehead atoms. The van der Waals surface area contributed by atoms with E-state index in [0.717, 1.165) is 18.4 Å². The molecule has 2 N–H and O–H groups in total. The normalized spacial score (nSPS) is 11.7. The fraction of sp³-hybridized carbons (Fsp3) is 0.500. The maximum Gasteiger partial charge on any atom is 0.328 e. The average Bonchev–Trinajstić information content (AvgIpc) is 2.52. The van der Waals surface area contributed by atoms with Gasteiger partial charge in [0.1, 0.15) is 5.82 Å². The molecule has 0 aliphatic heterocycles. The van der Waals surface area contributed by atoms with Crippen LogP contribution in [0.3, 0.4) is 0 Å². The van der Waals surface area contributed by atoms with Gasteiger partial charge in [-0.2, -0.15) is 0 Å². The van der Waals surface area contributed by atoms with E-state index in [2.05, 4.69) is 0 Å². The number of nitrogens with two attached hydrogens (primary N) is 1. The van der Waals surface area contributed by atoms with E-state index in [0.29, 0.717) is 12.1 Å². The monoisotopic (exact) mass is 301 g/mol. The molecule has 2 aromatic rings. The summed E-state index contributed by atoms with van der Waals surface area (Å²) in [7, 11) is 1.70. The van der Waals surface area contributed by atoms with Crippen molar-refractivity contribution in [2.75, 3.05) is 0 Å². The minimum atomic E-state index is -0.328. The largest absolute Gasteiger partial charge is 0.328 e. The third kappa shape index (κ3) is 3.41. The van der Waals surface area contributed by atoms with Crippen LogP contribution >= 0.6 is 12.4 Å². The number of fused-ring (bicyclic) bond motifs is 1. The molecular weight excluding hydrogens is 281 g/mol. The molecule has 0 fully saturated rings. The topological polar surface area (TPSA) is 53.0 Å². The van der Waals surface area contributed by atoms with Crippen LogP contribution in [-0.4, -0.2) is 14.7 Å². The highest BCUT2D eigenvalue weighted by Crippen LogP contribution is 2.15. The highest BCUT2D eigenvalue weighted by atomic mass is 35.5. The second-order valence-electron chi connectivity index (χ2n) is 5.72. The van der Waals surface area contributed by atoms with Crippen LogP contribution in [0.2, 0.25) is 0 Å². The molecule has 0 atom stereocenters. The maximum atomic E-state index is 13.3. The summed E-state index contributed by atoms with van der Waals surface area (Å²) >= 11 is 0. The van der Waals surface area contributed by atoms with E-state index >= 15 is 0 Å². The van der Waals surface area contributed by atoms with E-state index in [4.69, 9.17) is 5.73 Å². The third-order valence-electron chi connectivity index (χ3n) is 3.31. The molecular formula is C14H21ClFN3O. The first-order chi connectivity index (χ1) is 8.79. The number of nitrogens with zero attached hydrogens (tertiary/aromatic N) is 2. The van der Waals surface area contributed by atoms with E-state index in [9.17, 15) is 9.18 Å². The second-order valence-corrected chi connectivity index (χ2v) is 5.72. The zero-order valence-electron chi connectivity index (χ0n) is 12.0. The number of rotatable bonds is 4. The molecule has 0 saturated heterocycles. The summed E-state index contributed by atoms with van der Waals surface area (Å²) in [6, 6.07) is 4.41. The number of aromatic nitrogens is 2. The van der Waals surface area contributed by atoms with E-state index in [-0.39, 0.29) is 29.5 Å². The maximum absolute atomic E-state index is 13.3. The Balaban J connectivity index is 0.00000200. The van der Waals surface area contributed by atoms with Gasteiger partial charge in [0, 0.05) is 19.1 Å². The molecule has 1 aromatic carbocycles. The third-order valence-corrected chi connectivity index (χ3v) is 3.31. The predicted octanol–water partition coefficient (Wildman–Crippen LogP) is 2.42. The first-order valence-corrected chi connectivity index (χ1v) is 6.43. The summed E-state index contributed by atoms with van der Waals surface area (Å²) in [4.78, 5) is 12.1. The summed E-state index contributed by atoms with van der Waals surface area (Å²) in [5.41, 5.74) is 6.95. The molecule has 1 aromatic heterocycles. The van der Waals surface area contributed by atoms with Crippen LogP contribution in [0.15, 0.2) is 23.0 Å². The van der Waals surface area contributed by atoms with Crippen LogP contribution in [0.4, 0.5) is 4.39 Å². The van der Waals surface area contributed by atoms with Gasteiger partial charge < -0.3 is 5.73 Å². The summed E-state index contributed by atoms with van der Waals surface area (Å²) in [5, 5.41) is 0. The Labute approximate surface area is 123 Å². The lowest BCUT2D eigenvalue weighted by Crippen LogP contribution is -2.32. The van der Waals surface area contributed by atoms with Crippen molar-refractivity contribution in [3.05, 3.63) is 34.5 Å². The van der Waals surface area contributed by atoms with Crippen molar-refractivity contribution >= 4 is 23.4 Å². The van der Waals surface area contributed by atoms with E-state index < -0.39 is 0 Å². The van der Waals surface area contributed by atoms with Crippen LogP contribution in [0.1, 0.15) is 26.7 Å². The molecule has 2 rings (SSSR count). The first kappa shape index (κ1) is 16.7. The molecule has 0 saturated carbocycles. The number of benzene rings is 1. The Bertz CT molecular complexity index is 655. The number of halogens is 2. The minimum absolute atomic E-state index is 0. The zero-order chi connectivity index (χ0) is 14.2. The van der Waals surface area contributed by atoms with Crippen LogP contribution in [-0.2, 0) is 13.6 Å². The Kier molecular flexibility index (Phi) is 5.00. The molecule has 0 unspecified atom stereocenters. The number of imidazole rings is 1. The summed E-state index contributed by atoms with van der Waals surface area (Å²) in [6.45, 7) is 4.47. The smallest absolute Gasteiger partial charge is 0.326 e. The predicted molar refractivity (Wildman–Crippen MR) is 81.9 cm³/mol. The zero-order valence-corrected chi connectivity index (χ0v) is 12.8. The Morgan fingerprint density at radius 2 is 1.95 bits per heavy atom. The Morgan fingerprint density at radius 1 is 1.30 bits per heavy atom. The number of hydrogen-bond donors (Lipinski definition) is 1. The van der Waals surface area contributed by atoms with Gasteiger partial charge >= 0.3 is 5.69 Å². The van der Waals surface area contributed by atoms with Crippen molar-refractivity contribution in [1.82, 2.24) is 9.13 Å². The molecule has 0 aliphatic rings. The van der Waals surface area contributed by atoms with Crippen molar-refractivity contribution in [3.8, 4) is 0 Å². The summed E-state index contributed by atoms with van der Waals surface area (Å²) in [6.07, 6.45) is 1.60. The van der Waals surface area contributed by atoms with Crippen molar-refractivity contribution in [1.29, 1.82) is 0 Å². The lowest BCUT2D eigenvalue weighted by atomic mass is 10.0. The van der Waals surface area contributed by atoms with Crippen molar-refractivity contribution < 1.29 is 4.39 Å². The number of aryl methyl sites for hydroxylation is 2. The van der Waals surface area contributed by atoms with E-state index in [1.165, 1.54) is 12.1 Å². The molecule has 4 nitrogen and oxygen atoms in total. The molecule has 0 radical (unpaired) electrons. The van der Waals surface area contributed by atoms with Crippen LogP contribution in [0, 0.1) is 5.82 Å². The van der Waals surface area contributed by atoms with Gasteiger partial charge in [-0.3, -0.25) is 9.13 Å². The Hall–Kier alpha value is -1.33. The van der Waals surface area contributed by atoms with Gasteiger partial charge in [0.25, 0.3) is 0 Å². The standard InChI is InChI=1S/C14H20FN3O.ClH/c1-14(2,16)7-4-8-18-12-9-10(15)5-6-11(12)17(3)13(18)19;/h5-6,9H,4,7-8,16H2,1-3H3;1H. The SMILES string of the molecule is Cl.Cn1c(=O)n(CCCC(C)(C)N)c2cc(F)ccc21. The minimum Gasteiger partial charge on any atom is -0.326 e. The summed E-state index contributed by atoms with van der Waals surface area (Å²) in [5.74, 6) is -0.328. The molecule has 1 heterocycles. The lowest BCUT2D eigenvalue weighted by Gasteiger charge is -2.17. The van der Waals surface area contributed by atoms with Crippen molar-refractivity contribution in [2.24, 2.45) is 12.8 Å². The van der Waals surface area contributed by atoms with Crippen molar-refractivity contribution in [2.45, 2.75) is 38.8 Å². The fourth-order valence-electron chi connectivity index (χ4n) is 2.29. The molecule has 0 aliphatic carbocycles. The highest BCUT2D eigenvalue weighted by Gasteiger charge is 2.14. The molecule has 0 spiro atoms. The second kappa shape index (κ2) is 5.97. The van der Waals surface area contributed by atoms with Crippen molar-refractivity contribution in [3.63, 3.8) is 0 Å². The van der Waals surface area contributed by atoms with E-state index in [1.807, 2.05) is 13.8 Å². The fourth-order valence-corrected chi connectivity index (χ4v) is 2.29. The van der Waals surface area contributed by atoms with Gasteiger partial charge in [-0.25, -0.2) is 9.18 Å². The molecule has 112 valence electrons. The Morgan fingerprint density at radius 3 is 2.55 bits per heavy atom. The highest BCUT2D eigenvalue weighted by molar-refractivity contribution is 5.85. The molecule has 20 heavy (non-hydrogen) atoms. The van der Waals surface area contributed by atoms with Gasteiger partial charge in [0.15, 0.2) is 0 Å². The van der Waals surface area contributed by atoms with Gasteiger partial charge in [-0.15, -0.1) is 12.4 Å². The quantitative estimate of drug-likeness (QED) is 0.943. The van der Waals surface area contributed by atoms with Gasteiger partial charge in [-0.05, 0) is 44.9 Å².